The van der Waals surface area contributed by atoms with Crippen molar-refractivity contribution < 1.29 is 18.3 Å². The molecule has 2 aromatic rings. The number of allylic oxidation sites excluding steroid dienone is 1. The van der Waals surface area contributed by atoms with Crippen LogP contribution in [0.2, 0.25) is 0 Å². The third-order valence-corrected chi connectivity index (χ3v) is 3.24. The second kappa shape index (κ2) is 7.71. The molecule has 2 nitrogen and oxygen atoms in total. The minimum absolute atomic E-state index is 0.129. The van der Waals surface area contributed by atoms with E-state index in [0.717, 1.165) is 12.0 Å². The Labute approximate surface area is 129 Å². The Bertz CT molecular complexity index is 649. The maximum atomic E-state index is 14.2. The first kappa shape index (κ1) is 16.2. The minimum Gasteiger partial charge on any atom is -0.462 e. The molecule has 0 heterocycles. The molecule has 116 valence electrons. The zero-order chi connectivity index (χ0) is 15.9. The predicted octanol–water partition coefficient (Wildman–Crippen LogP) is 4.73. The van der Waals surface area contributed by atoms with Gasteiger partial charge in [0.15, 0.2) is 11.6 Å². The van der Waals surface area contributed by atoms with E-state index in [1.54, 1.807) is 32.2 Å². The summed E-state index contributed by atoms with van der Waals surface area (Å²) in [5.74, 6) is -2.03. The number of hydrogen-bond acceptors (Lipinski definition) is 2. The standard InChI is InChI=1S/C18H18F2O2/c1-3-11-22-16-9-8-15(17(19)18(16)20)14-6-4-13(5-7-14)10-12-21-2/h3-9,11H,10,12H2,1-2H3. The molecule has 0 spiro atoms. The maximum Gasteiger partial charge on any atom is 0.201 e. The highest BCUT2D eigenvalue weighted by Gasteiger charge is 2.15. The van der Waals surface area contributed by atoms with Gasteiger partial charge >= 0.3 is 0 Å². The lowest BCUT2D eigenvalue weighted by Gasteiger charge is -2.09. The molecule has 2 rings (SSSR count). The quantitative estimate of drug-likeness (QED) is 0.718. The Morgan fingerprint density at radius 2 is 1.73 bits per heavy atom. The minimum atomic E-state index is -0.987. The zero-order valence-electron chi connectivity index (χ0n) is 12.6. The van der Waals surface area contributed by atoms with Crippen molar-refractivity contribution in [2.24, 2.45) is 0 Å². The van der Waals surface area contributed by atoms with E-state index in [1.165, 1.54) is 18.4 Å². The summed E-state index contributed by atoms with van der Waals surface area (Å²) in [5.41, 5.74) is 1.92. The van der Waals surface area contributed by atoms with Crippen LogP contribution >= 0.6 is 0 Å². The number of ether oxygens (including phenoxy) is 2. The molecular weight excluding hydrogens is 286 g/mol. The molecule has 0 aliphatic heterocycles. The molecule has 0 aliphatic rings. The third kappa shape index (κ3) is 3.71. The van der Waals surface area contributed by atoms with Crippen LogP contribution in [-0.2, 0) is 11.2 Å². The van der Waals surface area contributed by atoms with E-state index >= 15 is 0 Å². The Morgan fingerprint density at radius 1 is 1.00 bits per heavy atom. The summed E-state index contributed by atoms with van der Waals surface area (Å²) >= 11 is 0. The van der Waals surface area contributed by atoms with Gasteiger partial charge < -0.3 is 9.47 Å². The fourth-order valence-electron chi connectivity index (χ4n) is 2.06. The summed E-state index contributed by atoms with van der Waals surface area (Å²) in [6, 6.07) is 10.3. The van der Waals surface area contributed by atoms with Gasteiger partial charge in [-0.05, 0) is 36.6 Å². The van der Waals surface area contributed by atoms with Crippen LogP contribution in [0.5, 0.6) is 5.75 Å². The molecule has 22 heavy (non-hydrogen) atoms. The van der Waals surface area contributed by atoms with Crippen molar-refractivity contribution in [2.75, 3.05) is 13.7 Å². The molecule has 0 amide bonds. The Morgan fingerprint density at radius 3 is 2.36 bits per heavy atom. The van der Waals surface area contributed by atoms with E-state index in [9.17, 15) is 8.78 Å². The highest BCUT2D eigenvalue weighted by Crippen LogP contribution is 2.30. The molecule has 0 fully saturated rings. The molecule has 0 radical (unpaired) electrons. The van der Waals surface area contributed by atoms with E-state index in [1.807, 2.05) is 12.1 Å². The average molecular weight is 304 g/mol. The van der Waals surface area contributed by atoms with E-state index < -0.39 is 11.6 Å². The fourth-order valence-corrected chi connectivity index (χ4v) is 2.06. The molecule has 0 atom stereocenters. The van der Waals surface area contributed by atoms with Gasteiger partial charge in [-0.1, -0.05) is 30.3 Å². The van der Waals surface area contributed by atoms with Crippen LogP contribution in [0.15, 0.2) is 48.7 Å². The van der Waals surface area contributed by atoms with Crippen molar-refractivity contribution in [2.45, 2.75) is 13.3 Å². The highest BCUT2D eigenvalue weighted by atomic mass is 19.2. The second-order valence-electron chi connectivity index (χ2n) is 4.77. The van der Waals surface area contributed by atoms with Gasteiger partial charge in [0.25, 0.3) is 0 Å². The number of halogens is 2. The van der Waals surface area contributed by atoms with Crippen LogP contribution in [0.25, 0.3) is 11.1 Å². The molecule has 0 bridgehead atoms. The number of benzene rings is 2. The van der Waals surface area contributed by atoms with Gasteiger partial charge in [0, 0.05) is 12.7 Å². The molecule has 4 heteroatoms. The van der Waals surface area contributed by atoms with Crippen LogP contribution in [0.3, 0.4) is 0 Å². The van der Waals surface area contributed by atoms with Crippen LogP contribution in [0.4, 0.5) is 8.78 Å². The average Bonchev–Trinajstić information content (AvgIpc) is 2.55. The Hall–Kier alpha value is -2.20. The van der Waals surface area contributed by atoms with Gasteiger partial charge in [-0.15, -0.1) is 0 Å². The van der Waals surface area contributed by atoms with Gasteiger partial charge in [0.2, 0.25) is 5.82 Å². The van der Waals surface area contributed by atoms with Crippen molar-refractivity contribution in [1.29, 1.82) is 0 Å². The normalized spacial score (nSPS) is 11.1. The number of methoxy groups -OCH3 is 1. The van der Waals surface area contributed by atoms with Gasteiger partial charge in [-0.3, -0.25) is 0 Å². The van der Waals surface area contributed by atoms with Gasteiger partial charge in [0.1, 0.15) is 0 Å². The van der Waals surface area contributed by atoms with Crippen LogP contribution in [-0.4, -0.2) is 13.7 Å². The smallest absolute Gasteiger partial charge is 0.201 e. The topological polar surface area (TPSA) is 18.5 Å². The monoisotopic (exact) mass is 304 g/mol. The maximum absolute atomic E-state index is 14.2. The molecule has 0 saturated heterocycles. The summed E-state index contributed by atoms with van der Waals surface area (Å²) in [5, 5.41) is 0. The lowest BCUT2D eigenvalue weighted by molar-refractivity contribution is 0.202. The van der Waals surface area contributed by atoms with Crippen molar-refractivity contribution in [1.82, 2.24) is 0 Å². The van der Waals surface area contributed by atoms with Gasteiger partial charge in [-0.25, -0.2) is 4.39 Å². The largest absolute Gasteiger partial charge is 0.462 e. The van der Waals surface area contributed by atoms with Crippen molar-refractivity contribution in [3.05, 3.63) is 65.9 Å². The lowest BCUT2D eigenvalue weighted by Crippen LogP contribution is -1.96. The highest BCUT2D eigenvalue weighted by molar-refractivity contribution is 5.65. The van der Waals surface area contributed by atoms with Crippen molar-refractivity contribution in [3.8, 4) is 16.9 Å². The first-order chi connectivity index (χ1) is 10.7. The molecule has 0 N–H and O–H groups in total. The van der Waals surface area contributed by atoms with E-state index in [0.29, 0.717) is 12.2 Å². The van der Waals surface area contributed by atoms with Crippen LogP contribution < -0.4 is 4.74 Å². The molecule has 0 saturated carbocycles. The first-order valence-electron chi connectivity index (χ1n) is 7.01. The van der Waals surface area contributed by atoms with Gasteiger partial charge in [0.05, 0.1) is 12.9 Å². The molecule has 0 unspecified atom stereocenters. The summed E-state index contributed by atoms with van der Waals surface area (Å²) < 4.78 is 38.2. The fraction of sp³-hybridized carbons (Fsp3) is 0.222. The van der Waals surface area contributed by atoms with E-state index in [4.69, 9.17) is 9.47 Å². The summed E-state index contributed by atoms with van der Waals surface area (Å²) in [6.07, 6.45) is 3.69. The van der Waals surface area contributed by atoms with E-state index in [-0.39, 0.29) is 11.3 Å². The zero-order valence-corrected chi connectivity index (χ0v) is 12.6. The molecule has 0 aliphatic carbocycles. The second-order valence-corrected chi connectivity index (χ2v) is 4.77. The lowest BCUT2D eigenvalue weighted by atomic mass is 10.0. The number of rotatable bonds is 6. The summed E-state index contributed by atoms with van der Waals surface area (Å²) in [6.45, 7) is 2.35. The molecule has 2 aromatic carbocycles. The summed E-state index contributed by atoms with van der Waals surface area (Å²) in [7, 11) is 1.64. The van der Waals surface area contributed by atoms with Crippen LogP contribution in [0, 0.1) is 11.6 Å². The Kier molecular flexibility index (Phi) is 5.67. The predicted molar refractivity (Wildman–Crippen MR) is 82.8 cm³/mol. The Balaban J connectivity index is 2.27. The van der Waals surface area contributed by atoms with Gasteiger partial charge in [-0.2, -0.15) is 4.39 Å². The van der Waals surface area contributed by atoms with E-state index in [2.05, 4.69) is 0 Å². The van der Waals surface area contributed by atoms with Crippen molar-refractivity contribution in [3.63, 3.8) is 0 Å². The van der Waals surface area contributed by atoms with Crippen LogP contribution in [0.1, 0.15) is 12.5 Å². The molecular formula is C18H18F2O2. The number of hydrogen-bond donors (Lipinski definition) is 0. The first-order valence-corrected chi connectivity index (χ1v) is 7.01. The summed E-state index contributed by atoms with van der Waals surface area (Å²) in [4.78, 5) is 0. The molecule has 0 aromatic heterocycles. The SMILES string of the molecule is CC=COc1ccc(-c2ccc(CCOC)cc2)c(F)c1F. The van der Waals surface area contributed by atoms with Crippen molar-refractivity contribution >= 4 is 0 Å². The third-order valence-electron chi connectivity index (χ3n) is 3.24.